The zero-order valence-electron chi connectivity index (χ0n) is 7.39. The van der Waals surface area contributed by atoms with Crippen LogP contribution in [0.4, 0.5) is 10.1 Å². The number of hydrogen-bond acceptors (Lipinski definition) is 1. The molecule has 1 aliphatic rings. The van der Waals surface area contributed by atoms with Crippen molar-refractivity contribution in [3.05, 3.63) is 35.7 Å². The van der Waals surface area contributed by atoms with Crippen molar-refractivity contribution in [3.63, 3.8) is 0 Å². The number of benzene rings is 1. The van der Waals surface area contributed by atoms with E-state index >= 15 is 0 Å². The number of allylic oxidation sites excluding steroid dienone is 2. The zero-order chi connectivity index (χ0) is 9.26. The van der Waals surface area contributed by atoms with E-state index in [-0.39, 0.29) is 11.5 Å². The van der Waals surface area contributed by atoms with Gasteiger partial charge in [-0.2, -0.15) is 0 Å². The van der Waals surface area contributed by atoms with Gasteiger partial charge in [0.1, 0.15) is 5.82 Å². The SMILES string of the molecule is Nc1c(F)cccc1C1=CCCC1. The van der Waals surface area contributed by atoms with Gasteiger partial charge in [-0.1, -0.05) is 18.2 Å². The highest BCUT2D eigenvalue weighted by Gasteiger charge is 2.11. The largest absolute Gasteiger partial charge is 0.396 e. The number of halogens is 1. The van der Waals surface area contributed by atoms with Crippen LogP contribution in [0.1, 0.15) is 24.8 Å². The second-order valence-electron chi connectivity index (χ2n) is 3.32. The van der Waals surface area contributed by atoms with Gasteiger partial charge in [-0.3, -0.25) is 0 Å². The lowest BCUT2D eigenvalue weighted by Gasteiger charge is -2.06. The van der Waals surface area contributed by atoms with Crippen molar-refractivity contribution in [1.29, 1.82) is 0 Å². The lowest BCUT2D eigenvalue weighted by molar-refractivity contribution is 0.632. The molecular weight excluding hydrogens is 165 g/mol. The van der Waals surface area contributed by atoms with E-state index in [1.54, 1.807) is 6.07 Å². The van der Waals surface area contributed by atoms with Gasteiger partial charge in [0.05, 0.1) is 5.69 Å². The molecule has 0 amide bonds. The minimum absolute atomic E-state index is 0.288. The summed E-state index contributed by atoms with van der Waals surface area (Å²) >= 11 is 0. The van der Waals surface area contributed by atoms with E-state index in [0.29, 0.717) is 0 Å². The summed E-state index contributed by atoms with van der Waals surface area (Å²) in [6.45, 7) is 0. The Hall–Kier alpha value is -1.31. The number of nitrogens with two attached hydrogens (primary N) is 1. The summed E-state index contributed by atoms with van der Waals surface area (Å²) in [7, 11) is 0. The number of hydrogen-bond donors (Lipinski definition) is 1. The number of para-hydroxylation sites is 1. The van der Waals surface area contributed by atoms with E-state index in [9.17, 15) is 4.39 Å². The standard InChI is InChI=1S/C11H12FN/c12-10-7-3-6-9(11(10)13)8-4-1-2-5-8/h3-4,6-7H,1-2,5,13H2. The highest BCUT2D eigenvalue weighted by molar-refractivity contribution is 5.76. The van der Waals surface area contributed by atoms with Crippen LogP contribution < -0.4 is 5.73 Å². The molecule has 1 aromatic carbocycles. The molecule has 1 aromatic rings. The first-order valence-electron chi connectivity index (χ1n) is 4.52. The van der Waals surface area contributed by atoms with Crippen molar-refractivity contribution in [2.75, 3.05) is 5.73 Å². The maximum atomic E-state index is 13.1. The molecule has 0 fully saturated rings. The predicted molar refractivity (Wildman–Crippen MR) is 52.6 cm³/mol. The Labute approximate surface area is 77.1 Å². The molecule has 0 saturated carbocycles. The fourth-order valence-corrected chi connectivity index (χ4v) is 1.73. The molecule has 2 heteroatoms. The van der Waals surface area contributed by atoms with Crippen molar-refractivity contribution < 1.29 is 4.39 Å². The summed E-state index contributed by atoms with van der Waals surface area (Å²) < 4.78 is 13.1. The molecule has 68 valence electrons. The smallest absolute Gasteiger partial charge is 0.146 e. The fraction of sp³-hybridized carbons (Fsp3) is 0.273. The Morgan fingerprint density at radius 1 is 1.31 bits per heavy atom. The molecule has 0 spiro atoms. The van der Waals surface area contributed by atoms with Crippen molar-refractivity contribution in [2.45, 2.75) is 19.3 Å². The van der Waals surface area contributed by atoms with Gasteiger partial charge in [-0.05, 0) is 30.9 Å². The van der Waals surface area contributed by atoms with Crippen molar-refractivity contribution in [3.8, 4) is 0 Å². The van der Waals surface area contributed by atoms with Crippen LogP contribution in [0.5, 0.6) is 0 Å². The lowest BCUT2D eigenvalue weighted by Crippen LogP contribution is -1.96. The van der Waals surface area contributed by atoms with Gasteiger partial charge >= 0.3 is 0 Å². The molecule has 0 heterocycles. The lowest BCUT2D eigenvalue weighted by atomic mass is 10.0. The van der Waals surface area contributed by atoms with Crippen LogP contribution in [0.15, 0.2) is 24.3 Å². The van der Waals surface area contributed by atoms with Crippen molar-refractivity contribution in [1.82, 2.24) is 0 Å². The first-order valence-corrected chi connectivity index (χ1v) is 4.52. The third kappa shape index (κ3) is 1.44. The average molecular weight is 177 g/mol. The molecule has 0 saturated heterocycles. The second-order valence-corrected chi connectivity index (χ2v) is 3.32. The summed E-state index contributed by atoms with van der Waals surface area (Å²) in [4.78, 5) is 0. The fourth-order valence-electron chi connectivity index (χ4n) is 1.73. The normalized spacial score (nSPS) is 15.9. The Morgan fingerprint density at radius 3 is 2.85 bits per heavy atom. The van der Waals surface area contributed by atoms with Gasteiger partial charge in [0.15, 0.2) is 0 Å². The summed E-state index contributed by atoms with van der Waals surface area (Å²) in [6, 6.07) is 4.99. The Kier molecular flexibility index (Phi) is 2.05. The van der Waals surface area contributed by atoms with Gasteiger partial charge < -0.3 is 5.73 Å². The molecule has 0 bridgehead atoms. The highest BCUT2D eigenvalue weighted by Crippen LogP contribution is 2.31. The van der Waals surface area contributed by atoms with E-state index in [1.165, 1.54) is 11.6 Å². The van der Waals surface area contributed by atoms with Crippen molar-refractivity contribution >= 4 is 11.3 Å². The molecule has 0 aliphatic heterocycles. The van der Waals surface area contributed by atoms with Crippen LogP contribution in [-0.4, -0.2) is 0 Å². The number of rotatable bonds is 1. The van der Waals surface area contributed by atoms with Crippen LogP contribution >= 0.6 is 0 Å². The van der Waals surface area contributed by atoms with Crippen LogP contribution in [0.3, 0.4) is 0 Å². The van der Waals surface area contributed by atoms with E-state index in [4.69, 9.17) is 5.73 Å². The van der Waals surface area contributed by atoms with Gasteiger partial charge in [-0.15, -0.1) is 0 Å². The zero-order valence-corrected chi connectivity index (χ0v) is 7.39. The Balaban J connectivity index is 2.45. The molecule has 0 atom stereocenters. The molecule has 2 N–H and O–H groups in total. The summed E-state index contributed by atoms with van der Waals surface area (Å²) in [5, 5.41) is 0. The third-order valence-electron chi connectivity index (χ3n) is 2.44. The number of nitrogen functional groups attached to an aromatic ring is 1. The Morgan fingerprint density at radius 2 is 2.15 bits per heavy atom. The minimum atomic E-state index is -0.315. The van der Waals surface area contributed by atoms with Crippen LogP contribution in [0, 0.1) is 5.82 Å². The van der Waals surface area contributed by atoms with E-state index in [2.05, 4.69) is 6.08 Å². The minimum Gasteiger partial charge on any atom is -0.396 e. The van der Waals surface area contributed by atoms with Gasteiger partial charge in [0.25, 0.3) is 0 Å². The van der Waals surface area contributed by atoms with E-state index < -0.39 is 0 Å². The Bertz CT molecular complexity index is 355. The average Bonchev–Trinajstić information content (AvgIpc) is 2.62. The molecular formula is C11H12FN. The topological polar surface area (TPSA) is 26.0 Å². The highest BCUT2D eigenvalue weighted by atomic mass is 19.1. The van der Waals surface area contributed by atoms with Gasteiger partial charge in [-0.25, -0.2) is 4.39 Å². The molecule has 0 aromatic heterocycles. The monoisotopic (exact) mass is 177 g/mol. The van der Waals surface area contributed by atoms with Crippen LogP contribution in [0.2, 0.25) is 0 Å². The van der Waals surface area contributed by atoms with Crippen LogP contribution in [0.25, 0.3) is 5.57 Å². The first kappa shape index (κ1) is 8.30. The molecule has 1 aliphatic carbocycles. The summed E-state index contributed by atoms with van der Waals surface area (Å²) in [5.74, 6) is -0.315. The molecule has 2 rings (SSSR count). The maximum absolute atomic E-state index is 13.1. The van der Waals surface area contributed by atoms with Gasteiger partial charge in [0, 0.05) is 5.56 Å². The van der Waals surface area contributed by atoms with E-state index in [1.807, 2.05) is 6.07 Å². The van der Waals surface area contributed by atoms with Crippen LogP contribution in [-0.2, 0) is 0 Å². The van der Waals surface area contributed by atoms with Crippen molar-refractivity contribution in [2.24, 2.45) is 0 Å². The molecule has 13 heavy (non-hydrogen) atoms. The summed E-state index contributed by atoms with van der Waals surface area (Å²) in [6.07, 6.45) is 5.41. The molecule has 0 unspecified atom stereocenters. The van der Waals surface area contributed by atoms with E-state index in [0.717, 1.165) is 24.8 Å². The molecule has 0 radical (unpaired) electrons. The summed E-state index contributed by atoms with van der Waals surface area (Å²) in [5.41, 5.74) is 8.00. The third-order valence-corrected chi connectivity index (χ3v) is 2.44. The predicted octanol–water partition coefficient (Wildman–Crippen LogP) is 2.98. The first-order chi connectivity index (χ1) is 6.29. The number of anilines is 1. The van der Waals surface area contributed by atoms with Gasteiger partial charge in [0.2, 0.25) is 0 Å². The quantitative estimate of drug-likeness (QED) is 0.656. The molecule has 1 nitrogen and oxygen atoms in total. The maximum Gasteiger partial charge on any atom is 0.146 e. The second kappa shape index (κ2) is 3.21.